The van der Waals surface area contributed by atoms with Crippen LogP contribution in [-0.2, 0) is 4.79 Å². The third-order valence-electron chi connectivity index (χ3n) is 2.78. The van der Waals surface area contributed by atoms with Crippen LogP contribution < -0.4 is 5.56 Å². The Morgan fingerprint density at radius 3 is 2.61 bits per heavy atom. The molecule has 0 saturated heterocycles. The minimum absolute atomic E-state index is 0.140. The van der Waals surface area contributed by atoms with Crippen LogP contribution in [0.5, 0.6) is 0 Å². The average Bonchev–Trinajstić information content (AvgIpc) is 2.64. The second-order valence-electron chi connectivity index (χ2n) is 4.70. The molecule has 0 spiro atoms. The van der Waals surface area contributed by atoms with Crippen LogP contribution in [-0.4, -0.2) is 29.4 Å². The number of rotatable bonds is 4. The maximum atomic E-state index is 12.2. The molecule has 0 bridgehead atoms. The SMILES string of the molecule is CC(C)C[C@@H](C(=O)O)n1[se]c2ccccc2c1=O. The Balaban J connectivity index is 2.54. The summed E-state index contributed by atoms with van der Waals surface area (Å²) in [5.41, 5.74) is -0.140. The number of hydrogen-bond acceptors (Lipinski definition) is 2. The standard InChI is InChI=1S/C13H15NO3Se/c1-8(2)7-10(13(16)17)14-12(15)9-5-3-4-6-11(9)18-14/h3-6,8,10H,7H2,1-2H3,(H,16,17)/t10-/m0/s1. The molecule has 0 aliphatic carbocycles. The summed E-state index contributed by atoms with van der Waals surface area (Å²) in [6.07, 6.45) is 0.497. The van der Waals surface area contributed by atoms with Crippen molar-refractivity contribution < 1.29 is 9.90 Å². The third-order valence-corrected chi connectivity index (χ3v) is 5.23. The first-order chi connectivity index (χ1) is 8.50. The summed E-state index contributed by atoms with van der Waals surface area (Å²) in [6, 6.07) is 6.67. The van der Waals surface area contributed by atoms with Crippen LogP contribution in [0.1, 0.15) is 26.3 Å². The fourth-order valence-corrected chi connectivity index (χ4v) is 4.22. The molecule has 1 heterocycles. The van der Waals surface area contributed by atoms with Crippen molar-refractivity contribution in [3.8, 4) is 0 Å². The van der Waals surface area contributed by atoms with Crippen molar-refractivity contribution in [1.82, 2.24) is 3.56 Å². The summed E-state index contributed by atoms with van der Waals surface area (Å²) < 4.78 is 2.50. The van der Waals surface area contributed by atoms with Gasteiger partial charge in [-0.1, -0.05) is 0 Å². The minimum atomic E-state index is -0.910. The van der Waals surface area contributed by atoms with Crippen molar-refractivity contribution in [1.29, 1.82) is 0 Å². The zero-order chi connectivity index (χ0) is 13.3. The van der Waals surface area contributed by atoms with Gasteiger partial charge in [-0.15, -0.1) is 0 Å². The van der Waals surface area contributed by atoms with Crippen molar-refractivity contribution in [2.75, 3.05) is 0 Å². The van der Waals surface area contributed by atoms with Gasteiger partial charge in [0.1, 0.15) is 0 Å². The summed E-state index contributed by atoms with van der Waals surface area (Å²) in [6.45, 7) is 3.94. The molecule has 0 fully saturated rings. The van der Waals surface area contributed by atoms with E-state index < -0.39 is 12.0 Å². The van der Waals surface area contributed by atoms with Crippen LogP contribution in [0.15, 0.2) is 29.1 Å². The molecule has 2 rings (SSSR count). The predicted octanol–water partition coefficient (Wildman–Crippen LogP) is 1.73. The molecular formula is C13H15NO3Se. The van der Waals surface area contributed by atoms with Crippen LogP contribution >= 0.6 is 0 Å². The molecule has 0 unspecified atom stereocenters. The van der Waals surface area contributed by atoms with E-state index in [-0.39, 0.29) is 26.2 Å². The fraction of sp³-hybridized carbons (Fsp3) is 0.385. The molecule has 18 heavy (non-hydrogen) atoms. The van der Waals surface area contributed by atoms with E-state index in [9.17, 15) is 14.7 Å². The van der Waals surface area contributed by atoms with E-state index in [1.165, 1.54) is 3.56 Å². The first-order valence-electron chi connectivity index (χ1n) is 5.84. The molecule has 0 radical (unpaired) electrons. The number of aromatic nitrogens is 1. The Bertz CT molecular complexity index is 626. The number of fused-ring (bicyclic) bond motifs is 1. The van der Waals surface area contributed by atoms with E-state index >= 15 is 0 Å². The zero-order valence-electron chi connectivity index (χ0n) is 10.3. The average molecular weight is 312 g/mol. The second-order valence-corrected chi connectivity index (χ2v) is 6.83. The summed E-state index contributed by atoms with van der Waals surface area (Å²) >= 11 is -0.217. The predicted molar refractivity (Wildman–Crippen MR) is 71.3 cm³/mol. The Hall–Kier alpha value is -1.32. The summed E-state index contributed by atoms with van der Waals surface area (Å²) in [4.78, 5) is 23.5. The number of aliphatic carboxylic acids is 1. The zero-order valence-corrected chi connectivity index (χ0v) is 12.0. The normalized spacial score (nSPS) is 13.1. The van der Waals surface area contributed by atoms with Gasteiger partial charge in [0.15, 0.2) is 0 Å². The van der Waals surface area contributed by atoms with Crippen LogP contribution in [0.3, 0.4) is 0 Å². The number of benzene rings is 1. The number of nitrogens with zero attached hydrogens (tertiary/aromatic N) is 1. The van der Waals surface area contributed by atoms with Gasteiger partial charge < -0.3 is 0 Å². The van der Waals surface area contributed by atoms with Crippen molar-refractivity contribution >= 4 is 30.3 Å². The Morgan fingerprint density at radius 2 is 2.06 bits per heavy atom. The van der Waals surface area contributed by atoms with Crippen LogP contribution in [0.25, 0.3) is 9.65 Å². The van der Waals surface area contributed by atoms with Gasteiger partial charge in [-0.05, 0) is 0 Å². The molecule has 4 nitrogen and oxygen atoms in total. The second kappa shape index (κ2) is 5.12. The van der Waals surface area contributed by atoms with Gasteiger partial charge >= 0.3 is 111 Å². The molecule has 5 heteroatoms. The topological polar surface area (TPSA) is 59.3 Å². The molecular weight excluding hydrogens is 297 g/mol. The van der Waals surface area contributed by atoms with Gasteiger partial charge in [0.2, 0.25) is 0 Å². The summed E-state index contributed by atoms with van der Waals surface area (Å²) in [5.74, 6) is -0.662. The first-order valence-corrected chi connectivity index (χ1v) is 7.46. The van der Waals surface area contributed by atoms with Crippen LogP contribution in [0, 0.1) is 5.92 Å². The van der Waals surface area contributed by atoms with Gasteiger partial charge in [-0.2, -0.15) is 0 Å². The van der Waals surface area contributed by atoms with E-state index in [2.05, 4.69) is 0 Å². The third kappa shape index (κ3) is 2.42. The summed E-state index contributed by atoms with van der Waals surface area (Å²) in [7, 11) is 0. The molecule has 2 aromatic rings. The molecule has 1 aromatic heterocycles. The Morgan fingerprint density at radius 1 is 1.39 bits per heavy atom. The Labute approximate surface area is 111 Å². The molecule has 1 atom stereocenters. The van der Waals surface area contributed by atoms with Gasteiger partial charge in [0.25, 0.3) is 0 Å². The van der Waals surface area contributed by atoms with E-state index in [4.69, 9.17) is 0 Å². The molecule has 0 aliphatic heterocycles. The molecule has 0 aliphatic rings. The molecule has 0 saturated carbocycles. The van der Waals surface area contributed by atoms with Gasteiger partial charge in [-0.3, -0.25) is 0 Å². The van der Waals surface area contributed by atoms with Gasteiger partial charge in [0.05, 0.1) is 0 Å². The van der Waals surface area contributed by atoms with Crippen LogP contribution in [0.2, 0.25) is 0 Å². The number of carboxylic acid groups (broad SMARTS) is 1. The van der Waals surface area contributed by atoms with Gasteiger partial charge in [0, 0.05) is 0 Å². The number of hydrogen-bond donors (Lipinski definition) is 1. The number of carbonyl (C=O) groups is 1. The maximum absolute atomic E-state index is 12.2. The van der Waals surface area contributed by atoms with Crippen LogP contribution in [0.4, 0.5) is 0 Å². The fourth-order valence-electron chi connectivity index (χ4n) is 1.94. The van der Waals surface area contributed by atoms with E-state index in [0.29, 0.717) is 11.8 Å². The molecule has 1 aromatic carbocycles. The van der Waals surface area contributed by atoms with Gasteiger partial charge in [-0.25, -0.2) is 0 Å². The van der Waals surface area contributed by atoms with E-state index in [1.54, 1.807) is 6.07 Å². The van der Waals surface area contributed by atoms with Crippen molar-refractivity contribution in [2.45, 2.75) is 26.3 Å². The van der Waals surface area contributed by atoms with E-state index in [0.717, 1.165) is 4.26 Å². The summed E-state index contributed by atoms with van der Waals surface area (Å²) in [5, 5.41) is 9.96. The van der Waals surface area contributed by atoms with Crippen molar-refractivity contribution in [3.05, 3.63) is 34.6 Å². The number of carboxylic acids is 1. The van der Waals surface area contributed by atoms with Crippen molar-refractivity contribution in [2.24, 2.45) is 5.92 Å². The molecule has 0 amide bonds. The molecule has 1 N–H and O–H groups in total. The first kappa shape index (κ1) is 13.1. The van der Waals surface area contributed by atoms with Crippen molar-refractivity contribution in [3.63, 3.8) is 0 Å². The Kier molecular flexibility index (Phi) is 3.73. The van der Waals surface area contributed by atoms with E-state index in [1.807, 2.05) is 32.0 Å². The quantitative estimate of drug-likeness (QED) is 0.875. The monoisotopic (exact) mass is 313 g/mol. The molecule has 96 valence electrons.